The van der Waals surface area contributed by atoms with E-state index in [0.717, 1.165) is 22.9 Å². The van der Waals surface area contributed by atoms with Gasteiger partial charge in [-0.3, -0.25) is 4.98 Å². The Labute approximate surface area is 160 Å². The van der Waals surface area contributed by atoms with Gasteiger partial charge in [-0.15, -0.1) is 11.3 Å². The molecule has 0 amide bonds. The molecule has 0 bridgehead atoms. The van der Waals surface area contributed by atoms with Crippen LogP contribution >= 0.6 is 11.3 Å². The SMILES string of the molecule is CCCN(C)C1CC(c2nc3ccc(-c4ccc(C)nc4C)cc3s2)C1. The van der Waals surface area contributed by atoms with E-state index in [9.17, 15) is 0 Å². The van der Waals surface area contributed by atoms with Gasteiger partial charge in [-0.2, -0.15) is 0 Å². The normalized spacial score (nSPS) is 19.9. The summed E-state index contributed by atoms with van der Waals surface area (Å²) < 4.78 is 1.29. The molecule has 4 heteroatoms. The molecule has 136 valence electrons. The minimum absolute atomic E-state index is 0.642. The number of thiazole rings is 1. The van der Waals surface area contributed by atoms with E-state index in [-0.39, 0.29) is 0 Å². The first-order valence-corrected chi connectivity index (χ1v) is 10.4. The van der Waals surface area contributed by atoms with Gasteiger partial charge in [0.15, 0.2) is 0 Å². The van der Waals surface area contributed by atoms with Gasteiger partial charge in [-0.25, -0.2) is 4.98 Å². The molecule has 1 aliphatic carbocycles. The summed E-state index contributed by atoms with van der Waals surface area (Å²) in [5, 5.41) is 1.32. The number of aryl methyl sites for hydroxylation is 2. The fourth-order valence-electron chi connectivity index (χ4n) is 3.96. The second-order valence-electron chi connectivity index (χ2n) is 7.62. The molecule has 1 aliphatic rings. The molecule has 0 saturated heterocycles. The lowest BCUT2D eigenvalue weighted by Gasteiger charge is -2.40. The van der Waals surface area contributed by atoms with Crippen LogP contribution in [0.15, 0.2) is 30.3 Å². The maximum absolute atomic E-state index is 4.93. The summed E-state index contributed by atoms with van der Waals surface area (Å²) in [5.41, 5.74) is 5.76. The zero-order chi connectivity index (χ0) is 18.3. The number of hydrogen-bond donors (Lipinski definition) is 0. The van der Waals surface area contributed by atoms with Gasteiger partial charge in [-0.05, 0) is 70.5 Å². The van der Waals surface area contributed by atoms with E-state index >= 15 is 0 Å². The number of rotatable bonds is 5. The number of benzene rings is 1. The van der Waals surface area contributed by atoms with Crippen LogP contribution < -0.4 is 0 Å². The Bertz CT molecular complexity index is 924. The average molecular weight is 366 g/mol. The van der Waals surface area contributed by atoms with Crippen LogP contribution in [0.2, 0.25) is 0 Å². The maximum atomic E-state index is 4.93. The number of pyridine rings is 1. The standard InChI is InChI=1S/C22H27N3S/c1-5-10-25(4)18-11-17(12-18)22-24-20-9-7-16(13-21(20)26-22)19-8-6-14(2)23-15(19)3/h6-9,13,17-18H,5,10-12H2,1-4H3. The molecule has 1 fully saturated rings. The molecule has 0 N–H and O–H groups in total. The van der Waals surface area contributed by atoms with E-state index in [1.807, 2.05) is 18.3 Å². The smallest absolute Gasteiger partial charge is 0.0970 e. The second-order valence-corrected chi connectivity index (χ2v) is 8.69. The Balaban J connectivity index is 1.55. The molecule has 1 aromatic carbocycles. The van der Waals surface area contributed by atoms with E-state index in [1.165, 1.54) is 46.6 Å². The molecule has 2 heterocycles. The fourth-order valence-corrected chi connectivity index (χ4v) is 5.09. The summed E-state index contributed by atoms with van der Waals surface area (Å²) in [4.78, 5) is 12.0. The van der Waals surface area contributed by atoms with Crippen molar-refractivity contribution in [2.24, 2.45) is 0 Å². The van der Waals surface area contributed by atoms with Crippen molar-refractivity contribution in [3.05, 3.63) is 46.7 Å². The summed E-state index contributed by atoms with van der Waals surface area (Å²) in [6, 6.07) is 11.7. The third-order valence-corrected chi connectivity index (χ3v) is 6.78. The summed E-state index contributed by atoms with van der Waals surface area (Å²) in [7, 11) is 2.26. The van der Waals surface area contributed by atoms with Crippen LogP contribution in [0.25, 0.3) is 21.3 Å². The summed E-state index contributed by atoms with van der Waals surface area (Å²) in [5.74, 6) is 0.642. The first kappa shape index (κ1) is 17.6. The van der Waals surface area contributed by atoms with Gasteiger partial charge in [-0.1, -0.05) is 19.1 Å². The van der Waals surface area contributed by atoms with Crippen molar-refractivity contribution < 1.29 is 0 Å². The molecule has 2 aromatic heterocycles. The van der Waals surface area contributed by atoms with Crippen molar-refractivity contribution in [3.8, 4) is 11.1 Å². The average Bonchev–Trinajstić information content (AvgIpc) is 2.96. The van der Waals surface area contributed by atoms with Crippen LogP contribution in [-0.4, -0.2) is 34.5 Å². The van der Waals surface area contributed by atoms with Crippen molar-refractivity contribution in [3.63, 3.8) is 0 Å². The molecule has 4 rings (SSSR count). The Morgan fingerprint density at radius 3 is 2.65 bits per heavy atom. The predicted octanol–water partition coefficient (Wildman–Crippen LogP) is 5.56. The minimum atomic E-state index is 0.642. The monoisotopic (exact) mass is 365 g/mol. The lowest BCUT2D eigenvalue weighted by molar-refractivity contribution is 0.137. The number of hydrogen-bond acceptors (Lipinski definition) is 4. The van der Waals surface area contributed by atoms with E-state index in [2.05, 4.69) is 61.1 Å². The molecule has 0 radical (unpaired) electrons. The molecule has 0 unspecified atom stereocenters. The van der Waals surface area contributed by atoms with Gasteiger partial charge >= 0.3 is 0 Å². The summed E-state index contributed by atoms with van der Waals surface area (Å²) in [6.45, 7) is 7.58. The van der Waals surface area contributed by atoms with Gasteiger partial charge in [0.1, 0.15) is 0 Å². The molecule has 1 saturated carbocycles. The van der Waals surface area contributed by atoms with E-state index in [0.29, 0.717) is 5.92 Å². The van der Waals surface area contributed by atoms with E-state index in [4.69, 9.17) is 4.98 Å². The predicted molar refractivity (Wildman–Crippen MR) is 111 cm³/mol. The highest BCUT2D eigenvalue weighted by atomic mass is 32.1. The fraction of sp³-hybridized carbons (Fsp3) is 0.455. The third-order valence-electron chi connectivity index (χ3n) is 5.60. The van der Waals surface area contributed by atoms with Crippen molar-refractivity contribution in [1.82, 2.24) is 14.9 Å². The van der Waals surface area contributed by atoms with Gasteiger partial charge in [0, 0.05) is 28.9 Å². The topological polar surface area (TPSA) is 29.0 Å². The Kier molecular flexibility index (Phi) is 4.80. The molecular formula is C22H27N3S. The molecular weight excluding hydrogens is 338 g/mol. The Morgan fingerprint density at radius 2 is 1.92 bits per heavy atom. The van der Waals surface area contributed by atoms with Crippen molar-refractivity contribution in [2.45, 2.75) is 52.0 Å². The van der Waals surface area contributed by atoms with Crippen molar-refractivity contribution in [1.29, 1.82) is 0 Å². The van der Waals surface area contributed by atoms with Gasteiger partial charge < -0.3 is 4.90 Å². The molecule has 0 aliphatic heterocycles. The highest BCUT2D eigenvalue weighted by Gasteiger charge is 2.34. The third kappa shape index (κ3) is 3.28. The summed E-state index contributed by atoms with van der Waals surface area (Å²) in [6.07, 6.45) is 3.74. The zero-order valence-corrected chi connectivity index (χ0v) is 16.9. The first-order valence-electron chi connectivity index (χ1n) is 9.60. The minimum Gasteiger partial charge on any atom is -0.303 e. The van der Waals surface area contributed by atoms with Crippen LogP contribution in [0.5, 0.6) is 0 Å². The van der Waals surface area contributed by atoms with Gasteiger partial charge in [0.25, 0.3) is 0 Å². The molecule has 26 heavy (non-hydrogen) atoms. The highest BCUT2D eigenvalue weighted by Crippen LogP contribution is 2.42. The molecule has 0 spiro atoms. The quantitative estimate of drug-likeness (QED) is 0.592. The van der Waals surface area contributed by atoms with Crippen LogP contribution in [0.3, 0.4) is 0 Å². The largest absolute Gasteiger partial charge is 0.303 e. The number of fused-ring (bicyclic) bond motifs is 1. The van der Waals surface area contributed by atoms with Crippen LogP contribution in [0.4, 0.5) is 0 Å². The van der Waals surface area contributed by atoms with Crippen LogP contribution in [-0.2, 0) is 0 Å². The molecule has 3 nitrogen and oxygen atoms in total. The lowest BCUT2D eigenvalue weighted by atomic mass is 9.80. The maximum Gasteiger partial charge on any atom is 0.0970 e. The highest BCUT2D eigenvalue weighted by molar-refractivity contribution is 7.18. The zero-order valence-electron chi connectivity index (χ0n) is 16.1. The first-order chi connectivity index (χ1) is 12.5. The molecule has 3 aromatic rings. The van der Waals surface area contributed by atoms with Crippen LogP contribution in [0.1, 0.15) is 48.5 Å². The number of aromatic nitrogens is 2. The summed E-state index contributed by atoms with van der Waals surface area (Å²) >= 11 is 1.88. The van der Waals surface area contributed by atoms with Gasteiger partial charge in [0.05, 0.1) is 15.2 Å². The van der Waals surface area contributed by atoms with Crippen molar-refractivity contribution in [2.75, 3.05) is 13.6 Å². The van der Waals surface area contributed by atoms with Crippen LogP contribution in [0, 0.1) is 13.8 Å². The van der Waals surface area contributed by atoms with Crippen molar-refractivity contribution >= 4 is 21.6 Å². The van der Waals surface area contributed by atoms with E-state index in [1.54, 1.807) is 0 Å². The van der Waals surface area contributed by atoms with E-state index < -0.39 is 0 Å². The van der Waals surface area contributed by atoms with Gasteiger partial charge in [0.2, 0.25) is 0 Å². The Morgan fingerprint density at radius 1 is 1.12 bits per heavy atom. The molecule has 0 atom stereocenters. The number of nitrogens with zero attached hydrogens (tertiary/aromatic N) is 3. The second kappa shape index (κ2) is 7.09. The lowest BCUT2D eigenvalue weighted by Crippen LogP contribution is -2.41. The Hall–Kier alpha value is -1.78.